The van der Waals surface area contributed by atoms with Crippen LogP contribution in [0.15, 0.2) is 22.2 Å². The zero-order chi connectivity index (χ0) is 18.8. The summed E-state index contributed by atoms with van der Waals surface area (Å²) in [5.41, 5.74) is 1.14. The molecule has 3 aromatic heterocycles. The number of piperidine rings is 1. The number of amides is 1. The first-order valence-electron chi connectivity index (χ1n) is 9.44. The van der Waals surface area contributed by atoms with Gasteiger partial charge in [-0.25, -0.2) is 4.98 Å². The van der Waals surface area contributed by atoms with E-state index in [0.29, 0.717) is 37.0 Å². The fourth-order valence-electron chi connectivity index (χ4n) is 3.70. The van der Waals surface area contributed by atoms with Crippen LogP contribution in [0.4, 0.5) is 0 Å². The number of thiazole rings is 1. The highest BCUT2D eigenvalue weighted by molar-refractivity contribution is 7.15. The van der Waals surface area contributed by atoms with Crippen LogP contribution in [-0.2, 0) is 11.2 Å². The third kappa shape index (κ3) is 3.71. The molecule has 27 heavy (non-hydrogen) atoms. The predicted molar refractivity (Wildman–Crippen MR) is 102 cm³/mol. The van der Waals surface area contributed by atoms with Crippen LogP contribution in [0, 0.1) is 6.92 Å². The van der Waals surface area contributed by atoms with E-state index in [0.717, 1.165) is 37.4 Å². The maximum atomic E-state index is 12.7. The first-order chi connectivity index (χ1) is 13.2. The highest BCUT2D eigenvalue weighted by Gasteiger charge is 2.28. The summed E-state index contributed by atoms with van der Waals surface area (Å²) in [5.74, 6) is 2.64. The molecule has 1 aliphatic heterocycles. The topological polar surface area (TPSA) is 72.9 Å². The summed E-state index contributed by atoms with van der Waals surface area (Å²) < 4.78 is 12.7. The molecule has 0 N–H and O–H groups in total. The van der Waals surface area contributed by atoms with Gasteiger partial charge in [0.05, 0.1) is 12.3 Å². The molecule has 1 atom stereocenters. The molecule has 8 heteroatoms. The molecule has 1 fully saturated rings. The van der Waals surface area contributed by atoms with E-state index < -0.39 is 0 Å². The molecular formula is C19H24N4O3S. The predicted octanol–water partition coefficient (Wildman–Crippen LogP) is 3.43. The van der Waals surface area contributed by atoms with Gasteiger partial charge in [-0.1, -0.05) is 0 Å². The number of likely N-dealkylation sites (tertiary alicyclic amines) is 1. The Morgan fingerprint density at radius 1 is 1.48 bits per heavy atom. The third-order valence-electron chi connectivity index (χ3n) is 5.03. The fraction of sp³-hybridized carbons (Fsp3) is 0.526. The second-order valence-electron chi connectivity index (χ2n) is 6.87. The Morgan fingerprint density at radius 2 is 2.37 bits per heavy atom. The summed E-state index contributed by atoms with van der Waals surface area (Å²) in [4.78, 5) is 20.7. The normalized spacial score (nSPS) is 17.6. The highest BCUT2D eigenvalue weighted by atomic mass is 32.1. The number of ether oxygens (including phenoxy) is 1. The Bertz CT molecular complexity index is 929. The molecule has 7 nitrogen and oxygen atoms in total. The second kappa shape index (κ2) is 7.72. The van der Waals surface area contributed by atoms with Crippen molar-refractivity contribution in [2.45, 2.75) is 45.4 Å². The molecule has 1 aliphatic rings. The number of imidazole rings is 1. The van der Waals surface area contributed by atoms with Crippen molar-refractivity contribution in [1.82, 2.24) is 19.4 Å². The summed E-state index contributed by atoms with van der Waals surface area (Å²) in [6.45, 7) is 6.03. The minimum Gasteiger partial charge on any atom is -0.476 e. The van der Waals surface area contributed by atoms with E-state index in [9.17, 15) is 4.79 Å². The lowest BCUT2D eigenvalue weighted by molar-refractivity contribution is -0.132. The van der Waals surface area contributed by atoms with Gasteiger partial charge in [0.1, 0.15) is 16.4 Å². The zero-order valence-corrected chi connectivity index (χ0v) is 16.5. The van der Waals surface area contributed by atoms with Crippen molar-refractivity contribution in [3.05, 3.63) is 34.9 Å². The quantitative estimate of drug-likeness (QED) is 0.647. The maximum Gasteiger partial charge on any atom is 0.254 e. The van der Waals surface area contributed by atoms with Crippen molar-refractivity contribution in [2.24, 2.45) is 0 Å². The van der Waals surface area contributed by atoms with Crippen LogP contribution in [0.5, 0.6) is 5.88 Å². The molecule has 0 aromatic carbocycles. The number of carbonyl (C=O) groups is 1. The maximum absolute atomic E-state index is 12.7. The van der Waals surface area contributed by atoms with Crippen molar-refractivity contribution >= 4 is 22.1 Å². The van der Waals surface area contributed by atoms with Gasteiger partial charge in [-0.2, -0.15) is 0 Å². The monoisotopic (exact) mass is 388 g/mol. The first kappa shape index (κ1) is 18.0. The minimum atomic E-state index is 0.160. The molecule has 0 saturated carbocycles. The summed E-state index contributed by atoms with van der Waals surface area (Å²) >= 11 is 1.72. The van der Waals surface area contributed by atoms with Gasteiger partial charge < -0.3 is 14.2 Å². The molecule has 0 radical (unpaired) electrons. The van der Waals surface area contributed by atoms with Gasteiger partial charge >= 0.3 is 0 Å². The van der Waals surface area contributed by atoms with Crippen molar-refractivity contribution in [1.29, 1.82) is 0 Å². The molecule has 3 aromatic rings. The molecule has 1 amide bonds. The van der Waals surface area contributed by atoms with Crippen LogP contribution in [0.3, 0.4) is 0 Å². The molecule has 0 unspecified atom stereocenters. The van der Waals surface area contributed by atoms with Gasteiger partial charge in [-0.15, -0.1) is 11.3 Å². The van der Waals surface area contributed by atoms with E-state index in [1.807, 2.05) is 18.7 Å². The summed E-state index contributed by atoms with van der Waals surface area (Å²) in [7, 11) is 0. The van der Waals surface area contributed by atoms with Crippen LogP contribution in [0.1, 0.15) is 49.4 Å². The van der Waals surface area contributed by atoms with Gasteiger partial charge in [-0.3, -0.25) is 9.20 Å². The van der Waals surface area contributed by atoms with Gasteiger partial charge in [0, 0.05) is 49.5 Å². The molecule has 1 saturated heterocycles. The lowest BCUT2D eigenvalue weighted by Crippen LogP contribution is -2.39. The zero-order valence-electron chi connectivity index (χ0n) is 15.7. The lowest BCUT2D eigenvalue weighted by Gasteiger charge is -2.32. The number of fused-ring (bicyclic) bond motifs is 1. The number of hydrogen-bond acceptors (Lipinski definition) is 6. The Morgan fingerprint density at radius 3 is 3.22 bits per heavy atom. The van der Waals surface area contributed by atoms with Gasteiger partial charge in [0.25, 0.3) is 5.88 Å². The van der Waals surface area contributed by atoms with E-state index in [-0.39, 0.29) is 5.91 Å². The minimum absolute atomic E-state index is 0.160. The summed E-state index contributed by atoms with van der Waals surface area (Å²) in [6.07, 6.45) is 5.11. The fourth-order valence-corrected chi connectivity index (χ4v) is 4.65. The Balaban J connectivity index is 1.38. The van der Waals surface area contributed by atoms with Crippen LogP contribution >= 0.6 is 11.3 Å². The van der Waals surface area contributed by atoms with Crippen LogP contribution in [0.25, 0.3) is 4.83 Å². The van der Waals surface area contributed by atoms with Crippen LogP contribution < -0.4 is 4.74 Å². The number of nitrogens with zero attached hydrogens (tertiary/aromatic N) is 4. The molecule has 144 valence electrons. The van der Waals surface area contributed by atoms with Crippen molar-refractivity contribution in [2.75, 3.05) is 19.7 Å². The number of aromatic nitrogens is 3. The van der Waals surface area contributed by atoms with Crippen LogP contribution in [0.2, 0.25) is 0 Å². The Hall–Kier alpha value is -2.35. The molecule has 0 spiro atoms. The van der Waals surface area contributed by atoms with Crippen molar-refractivity contribution in [3.8, 4) is 5.88 Å². The van der Waals surface area contributed by atoms with Crippen molar-refractivity contribution in [3.63, 3.8) is 0 Å². The SMILES string of the molecule is CCOc1cc(CCC(=O)N2CCC[C@@H](c3nc(C)n4ccsc34)C2)on1. The number of carbonyl (C=O) groups excluding carboxylic acids is 1. The molecule has 4 rings (SSSR count). The number of rotatable bonds is 6. The summed E-state index contributed by atoms with van der Waals surface area (Å²) in [5, 5.41) is 5.93. The average molecular weight is 388 g/mol. The second-order valence-corrected chi connectivity index (χ2v) is 7.76. The highest BCUT2D eigenvalue weighted by Crippen LogP contribution is 2.32. The van der Waals surface area contributed by atoms with Crippen LogP contribution in [-0.4, -0.2) is 45.0 Å². The summed E-state index contributed by atoms with van der Waals surface area (Å²) in [6, 6.07) is 1.76. The lowest BCUT2D eigenvalue weighted by atomic mass is 9.95. The molecular weight excluding hydrogens is 364 g/mol. The smallest absolute Gasteiger partial charge is 0.254 e. The van der Waals surface area contributed by atoms with E-state index >= 15 is 0 Å². The number of aryl methyl sites for hydroxylation is 2. The Kier molecular flexibility index (Phi) is 5.15. The van der Waals surface area contributed by atoms with E-state index in [4.69, 9.17) is 14.2 Å². The van der Waals surface area contributed by atoms with Gasteiger partial charge in [0.15, 0.2) is 0 Å². The standard InChI is InChI=1S/C19H24N4O3S/c1-3-25-16-11-15(26-21-16)6-7-17(24)22-8-4-5-14(12-22)18-19-23(9-10-27-19)13(2)20-18/h9-11,14H,3-8,12H2,1-2H3/t14-/m1/s1. The molecule has 0 bridgehead atoms. The Labute approximate surface area is 161 Å². The molecule has 0 aliphatic carbocycles. The van der Waals surface area contributed by atoms with E-state index in [1.165, 1.54) is 4.83 Å². The van der Waals surface area contributed by atoms with E-state index in [1.54, 1.807) is 17.4 Å². The van der Waals surface area contributed by atoms with Gasteiger partial charge in [-0.05, 0) is 31.8 Å². The first-order valence-corrected chi connectivity index (χ1v) is 10.3. The van der Waals surface area contributed by atoms with Gasteiger partial charge in [0.2, 0.25) is 5.91 Å². The number of hydrogen-bond donors (Lipinski definition) is 0. The van der Waals surface area contributed by atoms with Crippen molar-refractivity contribution < 1.29 is 14.1 Å². The average Bonchev–Trinajstić information content (AvgIpc) is 3.39. The molecule has 4 heterocycles. The largest absolute Gasteiger partial charge is 0.476 e. The van der Waals surface area contributed by atoms with E-state index in [2.05, 4.69) is 21.1 Å². The third-order valence-corrected chi connectivity index (χ3v) is 5.92.